The van der Waals surface area contributed by atoms with Crippen LogP contribution in [0.15, 0.2) is 48.5 Å². The summed E-state index contributed by atoms with van der Waals surface area (Å²) < 4.78 is 32.2. The first kappa shape index (κ1) is 20.5. The third kappa shape index (κ3) is 5.02. The van der Waals surface area contributed by atoms with Crippen LogP contribution in [0.1, 0.15) is 33.6 Å². The molecular weight excluding hydrogens is 390 g/mol. The van der Waals surface area contributed by atoms with E-state index in [1.807, 2.05) is 0 Å². The number of halogens is 2. The molecule has 0 bridgehead atoms. The fourth-order valence-corrected chi connectivity index (χ4v) is 3.66. The molecule has 1 aliphatic heterocycles. The largest absolute Gasteiger partial charge is 0.373 e. The molecule has 1 atom stereocenters. The first-order valence-electron chi connectivity index (χ1n) is 10.2. The maximum Gasteiger partial charge on any atom is 0.254 e. The Morgan fingerprint density at radius 1 is 0.933 bits per heavy atom. The fourth-order valence-electron chi connectivity index (χ4n) is 3.66. The number of ether oxygens (including phenoxy) is 1. The van der Waals surface area contributed by atoms with E-state index in [0.717, 1.165) is 12.8 Å². The van der Waals surface area contributed by atoms with Crippen LogP contribution in [0.5, 0.6) is 0 Å². The van der Waals surface area contributed by atoms with Crippen molar-refractivity contribution >= 4 is 11.8 Å². The lowest BCUT2D eigenvalue weighted by molar-refractivity contribution is -0.0335. The van der Waals surface area contributed by atoms with Gasteiger partial charge in [0.15, 0.2) is 0 Å². The van der Waals surface area contributed by atoms with Crippen molar-refractivity contribution in [3.05, 3.63) is 71.3 Å². The summed E-state index contributed by atoms with van der Waals surface area (Å²) in [6.07, 6.45) is 1.87. The first-order valence-corrected chi connectivity index (χ1v) is 10.2. The molecule has 2 aromatic carbocycles. The van der Waals surface area contributed by atoms with Crippen molar-refractivity contribution in [2.45, 2.75) is 18.9 Å². The molecule has 1 saturated carbocycles. The maximum atomic E-state index is 13.2. The molecule has 0 spiro atoms. The second-order valence-electron chi connectivity index (χ2n) is 7.91. The molecule has 0 N–H and O–H groups in total. The van der Waals surface area contributed by atoms with Gasteiger partial charge < -0.3 is 14.5 Å². The van der Waals surface area contributed by atoms with Gasteiger partial charge in [-0.3, -0.25) is 9.59 Å². The van der Waals surface area contributed by atoms with Crippen LogP contribution in [0.4, 0.5) is 8.78 Å². The zero-order valence-electron chi connectivity index (χ0n) is 16.6. The van der Waals surface area contributed by atoms with Gasteiger partial charge in [-0.25, -0.2) is 8.78 Å². The quantitative estimate of drug-likeness (QED) is 0.728. The Hall–Kier alpha value is -2.80. The molecule has 158 valence electrons. The molecule has 0 aromatic heterocycles. The molecule has 2 aromatic rings. The number of benzene rings is 2. The van der Waals surface area contributed by atoms with Gasteiger partial charge >= 0.3 is 0 Å². The molecule has 0 radical (unpaired) electrons. The van der Waals surface area contributed by atoms with Crippen LogP contribution in [0, 0.1) is 17.6 Å². The van der Waals surface area contributed by atoms with E-state index in [1.54, 1.807) is 9.80 Å². The van der Waals surface area contributed by atoms with Gasteiger partial charge in [-0.1, -0.05) is 0 Å². The summed E-state index contributed by atoms with van der Waals surface area (Å²) in [4.78, 5) is 29.2. The first-order chi connectivity index (χ1) is 14.5. The van der Waals surface area contributed by atoms with Gasteiger partial charge in [0.05, 0.1) is 12.7 Å². The van der Waals surface area contributed by atoms with Crippen molar-refractivity contribution < 1.29 is 23.1 Å². The van der Waals surface area contributed by atoms with Crippen molar-refractivity contribution in [1.29, 1.82) is 0 Å². The normalized spacial score (nSPS) is 18.9. The number of hydrogen-bond donors (Lipinski definition) is 0. The van der Waals surface area contributed by atoms with Gasteiger partial charge in [-0.05, 0) is 67.3 Å². The molecule has 1 saturated heterocycles. The Labute approximate surface area is 174 Å². The summed E-state index contributed by atoms with van der Waals surface area (Å²) in [5.74, 6) is -0.628. The second kappa shape index (κ2) is 8.92. The van der Waals surface area contributed by atoms with Crippen LogP contribution >= 0.6 is 0 Å². The molecule has 1 heterocycles. The Morgan fingerprint density at radius 3 is 2.13 bits per heavy atom. The molecule has 4 rings (SSSR count). The van der Waals surface area contributed by atoms with E-state index in [4.69, 9.17) is 4.74 Å². The van der Waals surface area contributed by atoms with Crippen molar-refractivity contribution in [3.63, 3.8) is 0 Å². The number of carbonyl (C=O) groups excluding carboxylic acids is 2. The summed E-state index contributed by atoms with van der Waals surface area (Å²) in [6.45, 7) is 2.16. The van der Waals surface area contributed by atoms with E-state index in [1.165, 1.54) is 48.5 Å². The monoisotopic (exact) mass is 414 g/mol. The summed E-state index contributed by atoms with van der Waals surface area (Å²) in [5, 5.41) is 0. The summed E-state index contributed by atoms with van der Waals surface area (Å²) in [7, 11) is 0. The highest BCUT2D eigenvalue weighted by atomic mass is 19.1. The van der Waals surface area contributed by atoms with Gasteiger partial charge in [0.2, 0.25) is 0 Å². The average Bonchev–Trinajstić information content (AvgIpc) is 3.58. The van der Waals surface area contributed by atoms with Crippen LogP contribution in [0.3, 0.4) is 0 Å². The standard InChI is InChI=1S/C23H24F2N2O3/c24-19-7-3-17(4-8-19)22(28)26-11-12-30-21(14-26)15-27(13-16-1-2-16)23(29)18-5-9-20(25)10-6-18/h3-10,16,21H,1-2,11-15H2. The van der Waals surface area contributed by atoms with Gasteiger partial charge in [0.25, 0.3) is 11.8 Å². The van der Waals surface area contributed by atoms with Crippen molar-refractivity contribution in [2.24, 2.45) is 5.92 Å². The summed E-state index contributed by atoms with van der Waals surface area (Å²) in [5.41, 5.74) is 0.862. The minimum atomic E-state index is -0.388. The van der Waals surface area contributed by atoms with E-state index in [-0.39, 0.29) is 29.6 Å². The van der Waals surface area contributed by atoms with Crippen LogP contribution in [-0.4, -0.2) is 60.5 Å². The number of hydrogen-bond acceptors (Lipinski definition) is 3. The number of morpholine rings is 1. The fraction of sp³-hybridized carbons (Fsp3) is 0.391. The van der Waals surface area contributed by atoms with Crippen LogP contribution in [0.25, 0.3) is 0 Å². The van der Waals surface area contributed by atoms with E-state index >= 15 is 0 Å². The predicted octanol–water partition coefficient (Wildman–Crippen LogP) is 3.36. The van der Waals surface area contributed by atoms with Crippen LogP contribution < -0.4 is 0 Å². The Bertz CT molecular complexity index is 898. The highest BCUT2D eigenvalue weighted by molar-refractivity contribution is 5.95. The van der Waals surface area contributed by atoms with E-state index < -0.39 is 0 Å². The molecule has 1 aliphatic carbocycles. The van der Waals surface area contributed by atoms with Crippen molar-refractivity contribution in [3.8, 4) is 0 Å². The van der Waals surface area contributed by atoms with Crippen LogP contribution in [0.2, 0.25) is 0 Å². The van der Waals surface area contributed by atoms with E-state index in [2.05, 4.69) is 0 Å². The third-order valence-corrected chi connectivity index (χ3v) is 5.50. The lowest BCUT2D eigenvalue weighted by atomic mass is 10.1. The Kier molecular flexibility index (Phi) is 6.08. The molecule has 7 heteroatoms. The number of nitrogens with zero attached hydrogens (tertiary/aromatic N) is 2. The van der Waals surface area contributed by atoms with E-state index in [9.17, 15) is 18.4 Å². The minimum Gasteiger partial charge on any atom is -0.373 e. The predicted molar refractivity (Wildman–Crippen MR) is 107 cm³/mol. The number of rotatable bonds is 6. The minimum absolute atomic E-state index is 0.160. The molecule has 2 amide bonds. The highest BCUT2D eigenvalue weighted by Crippen LogP contribution is 2.30. The van der Waals surface area contributed by atoms with Gasteiger partial charge in [0.1, 0.15) is 11.6 Å². The van der Waals surface area contributed by atoms with Crippen LogP contribution in [-0.2, 0) is 4.74 Å². The molecule has 2 aliphatic rings. The van der Waals surface area contributed by atoms with Crippen molar-refractivity contribution in [1.82, 2.24) is 9.80 Å². The average molecular weight is 414 g/mol. The Balaban J connectivity index is 1.43. The maximum absolute atomic E-state index is 13.2. The van der Waals surface area contributed by atoms with Gasteiger partial charge in [0, 0.05) is 37.3 Å². The Morgan fingerprint density at radius 2 is 1.53 bits per heavy atom. The van der Waals surface area contributed by atoms with Gasteiger partial charge in [-0.15, -0.1) is 0 Å². The van der Waals surface area contributed by atoms with Gasteiger partial charge in [-0.2, -0.15) is 0 Å². The highest BCUT2D eigenvalue weighted by Gasteiger charge is 2.32. The SMILES string of the molecule is O=C(c1ccc(F)cc1)N1CCOC(CN(CC2CC2)C(=O)c2ccc(F)cc2)C1. The molecule has 1 unspecified atom stereocenters. The molecule has 5 nitrogen and oxygen atoms in total. The third-order valence-electron chi connectivity index (χ3n) is 5.50. The van der Waals surface area contributed by atoms with E-state index in [0.29, 0.717) is 49.8 Å². The molecule has 30 heavy (non-hydrogen) atoms. The summed E-state index contributed by atoms with van der Waals surface area (Å²) >= 11 is 0. The zero-order valence-corrected chi connectivity index (χ0v) is 16.6. The smallest absolute Gasteiger partial charge is 0.254 e. The number of carbonyl (C=O) groups is 2. The lowest BCUT2D eigenvalue weighted by Crippen LogP contribution is -2.51. The zero-order chi connectivity index (χ0) is 21.1. The molecular formula is C23H24F2N2O3. The number of amides is 2. The summed E-state index contributed by atoms with van der Waals surface area (Å²) in [6, 6.07) is 11.0. The molecule has 2 fully saturated rings. The lowest BCUT2D eigenvalue weighted by Gasteiger charge is -2.36. The second-order valence-corrected chi connectivity index (χ2v) is 7.91. The topological polar surface area (TPSA) is 49.9 Å². The van der Waals surface area contributed by atoms with Crippen molar-refractivity contribution in [2.75, 3.05) is 32.8 Å².